The first-order chi connectivity index (χ1) is 14.9. The Labute approximate surface area is 182 Å². The van der Waals surface area contributed by atoms with E-state index in [4.69, 9.17) is 4.74 Å². The van der Waals surface area contributed by atoms with Gasteiger partial charge in [0.2, 0.25) is 0 Å². The smallest absolute Gasteiger partial charge is 0.341 e. The lowest BCUT2D eigenvalue weighted by Gasteiger charge is -2.43. The van der Waals surface area contributed by atoms with Crippen LogP contribution in [0.15, 0.2) is 36.4 Å². The summed E-state index contributed by atoms with van der Waals surface area (Å²) in [5.74, 6) is -1.16. The van der Waals surface area contributed by atoms with Gasteiger partial charge in [0, 0.05) is 18.2 Å². The van der Waals surface area contributed by atoms with E-state index >= 15 is 0 Å². The number of aryl methyl sites for hydroxylation is 2. The summed E-state index contributed by atoms with van der Waals surface area (Å²) in [4.78, 5) is 26.6. The van der Waals surface area contributed by atoms with Gasteiger partial charge in [0.05, 0.1) is 7.11 Å². The molecule has 2 atom stereocenters. The van der Waals surface area contributed by atoms with Crippen molar-refractivity contribution in [3.63, 3.8) is 0 Å². The van der Waals surface area contributed by atoms with E-state index in [1.165, 1.54) is 30.4 Å². The zero-order valence-electron chi connectivity index (χ0n) is 18.0. The van der Waals surface area contributed by atoms with E-state index in [1.807, 2.05) is 0 Å². The van der Waals surface area contributed by atoms with E-state index in [0.29, 0.717) is 11.5 Å². The molecule has 0 aromatic heterocycles. The summed E-state index contributed by atoms with van der Waals surface area (Å²) in [6, 6.07) is 10.5. The second-order valence-electron chi connectivity index (χ2n) is 8.57. The first-order valence-electron chi connectivity index (χ1n) is 11.0. The molecule has 0 saturated heterocycles. The van der Waals surface area contributed by atoms with Crippen LogP contribution in [0.25, 0.3) is 0 Å². The highest BCUT2D eigenvalue weighted by Gasteiger charge is 2.43. The van der Waals surface area contributed by atoms with Crippen molar-refractivity contribution in [1.82, 2.24) is 0 Å². The number of methoxy groups -OCH3 is 1. The average molecular weight is 424 g/mol. The molecule has 164 valence electrons. The normalized spacial score (nSPS) is 18.9. The molecule has 0 amide bonds. The highest BCUT2D eigenvalue weighted by atomic mass is 16.5. The van der Waals surface area contributed by atoms with E-state index in [1.54, 1.807) is 6.07 Å². The number of esters is 1. The molecule has 2 aromatic rings. The third-order valence-corrected chi connectivity index (χ3v) is 6.58. The summed E-state index contributed by atoms with van der Waals surface area (Å²) >= 11 is 0. The van der Waals surface area contributed by atoms with Crippen LogP contribution in [0.4, 0.5) is 5.69 Å². The van der Waals surface area contributed by atoms with Crippen molar-refractivity contribution in [2.75, 3.05) is 12.0 Å². The van der Waals surface area contributed by atoms with Gasteiger partial charge in [0.15, 0.2) is 0 Å². The minimum absolute atomic E-state index is 0.0505. The highest BCUT2D eigenvalue weighted by Crippen LogP contribution is 2.44. The Bertz CT molecular complexity index is 997. The number of ether oxygens (including phenoxy) is 1. The summed E-state index contributed by atoms with van der Waals surface area (Å²) < 4.78 is 4.74. The van der Waals surface area contributed by atoms with Crippen molar-refractivity contribution >= 4 is 17.6 Å². The molecule has 1 aliphatic heterocycles. The molecule has 2 aliphatic rings. The van der Waals surface area contributed by atoms with Gasteiger partial charge in [-0.05, 0) is 72.9 Å². The first-order valence-corrected chi connectivity index (χ1v) is 11.0. The Balaban J connectivity index is 1.71. The number of carbonyl (C=O) groups is 2. The fraction of sp³-hybridized carbons (Fsp3) is 0.440. The quantitative estimate of drug-likeness (QED) is 0.656. The standard InChI is InChI=1S/C25H29NO5/c1-3-15-4-9-21-18(12-15)8-10-20(17-6-7-17)26(21)22(24(28)29)14-16-5-11-23(27)19(13-16)25(30)31-2/h4-5,9,11-13,17,20,22,27H,3,6-8,10,14H2,1-2H3,(H,28,29). The van der Waals surface area contributed by atoms with Crippen LogP contribution >= 0.6 is 0 Å². The lowest BCUT2D eigenvalue weighted by atomic mass is 9.88. The van der Waals surface area contributed by atoms with Gasteiger partial charge in [-0.25, -0.2) is 9.59 Å². The van der Waals surface area contributed by atoms with Gasteiger partial charge in [-0.1, -0.05) is 25.1 Å². The van der Waals surface area contributed by atoms with Gasteiger partial charge in [0.25, 0.3) is 0 Å². The number of aromatic hydroxyl groups is 1. The van der Waals surface area contributed by atoms with Crippen LogP contribution in [0.2, 0.25) is 0 Å². The maximum absolute atomic E-state index is 12.5. The van der Waals surface area contributed by atoms with Gasteiger partial charge >= 0.3 is 11.9 Å². The van der Waals surface area contributed by atoms with Gasteiger partial charge < -0.3 is 19.8 Å². The maximum atomic E-state index is 12.5. The van der Waals surface area contributed by atoms with Crippen LogP contribution in [0.3, 0.4) is 0 Å². The molecule has 2 aromatic carbocycles. The van der Waals surface area contributed by atoms with E-state index in [0.717, 1.165) is 37.8 Å². The number of hydrogen-bond donors (Lipinski definition) is 2. The van der Waals surface area contributed by atoms with Gasteiger partial charge in [-0.2, -0.15) is 0 Å². The molecule has 6 nitrogen and oxygen atoms in total. The number of rotatable bonds is 7. The third kappa shape index (κ3) is 4.24. The molecule has 0 radical (unpaired) electrons. The molecular formula is C25H29NO5. The number of benzene rings is 2. The lowest BCUT2D eigenvalue weighted by Crippen LogP contribution is -2.52. The fourth-order valence-electron chi connectivity index (χ4n) is 4.79. The number of aliphatic carboxylic acids is 1. The molecule has 0 spiro atoms. The molecule has 6 heteroatoms. The number of fused-ring (bicyclic) bond motifs is 1. The second-order valence-corrected chi connectivity index (χ2v) is 8.57. The van der Waals surface area contributed by atoms with Crippen LogP contribution in [-0.4, -0.2) is 41.3 Å². The molecule has 1 aliphatic carbocycles. The summed E-state index contributed by atoms with van der Waals surface area (Å²) in [7, 11) is 1.25. The maximum Gasteiger partial charge on any atom is 0.341 e. The minimum Gasteiger partial charge on any atom is -0.507 e. The molecule has 1 heterocycles. The van der Waals surface area contributed by atoms with Gasteiger partial charge in [0.1, 0.15) is 17.4 Å². The lowest BCUT2D eigenvalue weighted by molar-refractivity contribution is -0.138. The Morgan fingerprint density at radius 3 is 2.52 bits per heavy atom. The zero-order chi connectivity index (χ0) is 22.1. The van der Waals surface area contributed by atoms with Crippen molar-refractivity contribution in [3.05, 3.63) is 58.7 Å². The van der Waals surface area contributed by atoms with E-state index < -0.39 is 18.0 Å². The molecule has 1 saturated carbocycles. The minimum atomic E-state index is -0.884. The number of nitrogens with zero attached hydrogens (tertiary/aromatic N) is 1. The first kappa shape index (κ1) is 21.2. The molecular weight excluding hydrogens is 394 g/mol. The van der Waals surface area contributed by atoms with E-state index in [2.05, 4.69) is 30.0 Å². The number of hydrogen-bond acceptors (Lipinski definition) is 5. The third-order valence-electron chi connectivity index (χ3n) is 6.58. The number of phenolic OH excluding ortho intramolecular Hbond substituents is 1. The highest BCUT2D eigenvalue weighted by molar-refractivity contribution is 5.92. The summed E-state index contributed by atoms with van der Waals surface area (Å²) in [6.45, 7) is 2.12. The van der Waals surface area contributed by atoms with Crippen molar-refractivity contribution < 1.29 is 24.5 Å². The number of anilines is 1. The number of carbonyl (C=O) groups excluding carboxylic acids is 1. The van der Waals surface area contributed by atoms with Crippen molar-refractivity contribution in [1.29, 1.82) is 0 Å². The number of phenols is 1. The molecule has 0 bridgehead atoms. The molecule has 4 rings (SSSR count). The largest absolute Gasteiger partial charge is 0.507 e. The Morgan fingerprint density at radius 2 is 1.87 bits per heavy atom. The zero-order valence-corrected chi connectivity index (χ0v) is 18.0. The second kappa shape index (κ2) is 8.61. The molecule has 1 fully saturated rings. The van der Waals surface area contributed by atoms with E-state index in [9.17, 15) is 19.8 Å². The predicted molar refractivity (Wildman–Crippen MR) is 118 cm³/mol. The topological polar surface area (TPSA) is 87.1 Å². The summed E-state index contributed by atoms with van der Waals surface area (Å²) in [5.41, 5.74) is 4.21. The Kier molecular flexibility index (Phi) is 5.90. The van der Waals surface area contributed by atoms with Crippen LogP contribution in [0.5, 0.6) is 5.75 Å². The van der Waals surface area contributed by atoms with Crippen LogP contribution in [0.1, 0.15) is 53.2 Å². The van der Waals surface area contributed by atoms with Crippen molar-refractivity contribution in [2.24, 2.45) is 5.92 Å². The Hall–Kier alpha value is -3.02. The molecule has 2 N–H and O–H groups in total. The van der Waals surface area contributed by atoms with Crippen molar-refractivity contribution in [3.8, 4) is 5.75 Å². The molecule has 2 unspecified atom stereocenters. The predicted octanol–water partition coefficient (Wildman–Crippen LogP) is 3.97. The van der Waals surface area contributed by atoms with Crippen LogP contribution in [-0.2, 0) is 28.8 Å². The number of carboxylic acid groups (broad SMARTS) is 1. The van der Waals surface area contributed by atoms with Crippen molar-refractivity contribution in [2.45, 2.75) is 57.5 Å². The summed E-state index contributed by atoms with van der Waals surface area (Å²) in [5, 5.41) is 20.2. The molecule has 31 heavy (non-hydrogen) atoms. The van der Waals surface area contributed by atoms with Crippen LogP contribution < -0.4 is 4.90 Å². The summed E-state index contributed by atoms with van der Waals surface area (Å²) in [6.07, 6.45) is 5.39. The monoisotopic (exact) mass is 423 g/mol. The van der Waals surface area contributed by atoms with E-state index in [-0.39, 0.29) is 23.8 Å². The number of carboxylic acids is 1. The van der Waals surface area contributed by atoms with Gasteiger partial charge in [-0.15, -0.1) is 0 Å². The fourth-order valence-corrected chi connectivity index (χ4v) is 4.79. The Morgan fingerprint density at radius 1 is 1.13 bits per heavy atom. The SMILES string of the molecule is CCc1ccc2c(c1)CCC(C1CC1)N2C(Cc1ccc(O)c(C(=O)OC)c1)C(=O)O. The van der Waals surface area contributed by atoms with Gasteiger partial charge in [-0.3, -0.25) is 0 Å². The van der Waals surface area contributed by atoms with Crippen LogP contribution in [0, 0.1) is 5.92 Å². The average Bonchev–Trinajstić information content (AvgIpc) is 3.62.